The van der Waals surface area contributed by atoms with Crippen LogP contribution < -0.4 is 20.5 Å². The fourth-order valence-electron chi connectivity index (χ4n) is 1.73. The molecule has 0 heterocycles. The Morgan fingerprint density at radius 3 is 2.86 bits per heavy atom. The van der Waals surface area contributed by atoms with E-state index in [1.54, 1.807) is 18.2 Å². The summed E-state index contributed by atoms with van der Waals surface area (Å²) in [5.41, 5.74) is 6.68. The molecule has 0 aliphatic carbocycles. The molecule has 114 valence electrons. The lowest BCUT2D eigenvalue weighted by atomic mass is 10.1. The van der Waals surface area contributed by atoms with E-state index in [1.165, 1.54) is 7.11 Å². The molecule has 1 unspecified atom stereocenters. The van der Waals surface area contributed by atoms with Gasteiger partial charge in [-0.3, -0.25) is 4.79 Å². The predicted octanol–water partition coefficient (Wildman–Crippen LogP) is 1.26. The van der Waals surface area contributed by atoms with Crippen LogP contribution in [0, 0.1) is 11.3 Å². The molecule has 3 N–H and O–H groups in total. The van der Waals surface area contributed by atoms with Gasteiger partial charge in [-0.05, 0) is 31.0 Å². The lowest BCUT2D eigenvalue weighted by molar-refractivity contribution is -0.122. The van der Waals surface area contributed by atoms with Gasteiger partial charge in [-0.1, -0.05) is 11.6 Å². The Morgan fingerprint density at radius 1 is 1.57 bits per heavy atom. The number of methoxy groups -OCH3 is 1. The van der Waals surface area contributed by atoms with Gasteiger partial charge in [0.1, 0.15) is 6.54 Å². The van der Waals surface area contributed by atoms with Gasteiger partial charge in [-0.15, -0.1) is 0 Å². The van der Waals surface area contributed by atoms with E-state index in [0.717, 1.165) is 5.56 Å². The number of amides is 1. The van der Waals surface area contributed by atoms with Gasteiger partial charge in [0, 0.05) is 6.04 Å². The SMILES string of the molecule is COc1cc(CC(C)N)cc(Cl)c1OCC(=O)NCC#N. The lowest BCUT2D eigenvalue weighted by Crippen LogP contribution is -2.29. The van der Waals surface area contributed by atoms with Crippen molar-refractivity contribution in [2.75, 3.05) is 20.3 Å². The molecule has 0 aliphatic heterocycles. The number of hydrogen-bond acceptors (Lipinski definition) is 5. The number of nitrogens with one attached hydrogen (secondary N) is 1. The van der Waals surface area contributed by atoms with Crippen LogP contribution in [0.2, 0.25) is 5.02 Å². The predicted molar refractivity (Wildman–Crippen MR) is 79.5 cm³/mol. The zero-order chi connectivity index (χ0) is 15.8. The number of nitrogens with zero attached hydrogens (tertiary/aromatic N) is 1. The van der Waals surface area contributed by atoms with Gasteiger partial charge in [-0.25, -0.2) is 0 Å². The maximum absolute atomic E-state index is 11.4. The minimum Gasteiger partial charge on any atom is -0.493 e. The summed E-state index contributed by atoms with van der Waals surface area (Å²) in [6.07, 6.45) is 0.652. The third-order valence-corrected chi connectivity index (χ3v) is 2.84. The molecule has 1 aromatic carbocycles. The van der Waals surface area contributed by atoms with Crippen LogP contribution in [0.5, 0.6) is 11.5 Å². The minimum absolute atomic E-state index is 0.00528. The first kappa shape index (κ1) is 17.1. The molecule has 7 heteroatoms. The summed E-state index contributed by atoms with van der Waals surface area (Å²) in [6.45, 7) is 1.58. The number of nitrogens with two attached hydrogens (primary N) is 1. The topological polar surface area (TPSA) is 97.4 Å². The molecule has 0 fully saturated rings. The minimum atomic E-state index is -0.408. The van der Waals surface area contributed by atoms with Crippen LogP contribution in [0.3, 0.4) is 0 Å². The largest absolute Gasteiger partial charge is 0.493 e. The molecule has 1 atom stereocenters. The van der Waals surface area contributed by atoms with Gasteiger partial charge in [-0.2, -0.15) is 5.26 Å². The third kappa shape index (κ3) is 5.50. The van der Waals surface area contributed by atoms with Crippen molar-refractivity contribution in [2.45, 2.75) is 19.4 Å². The van der Waals surface area contributed by atoms with Gasteiger partial charge in [0.05, 0.1) is 18.2 Å². The summed E-state index contributed by atoms with van der Waals surface area (Å²) in [5.74, 6) is 0.320. The molecule has 1 rings (SSSR count). The average Bonchev–Trinajstić information content (AvgIpc) is 2.42. The summed E-state index contributed by atoms with van der Waals surface area (Å²) < 4.78 is 10.6. The number of halogens is 1. The number of benzene rings is 1. The number of nitriles is 1. The van der Waals surface area contributed by atoms with Crippen LogP contribution in [0.1, 0.15) is 12.5 Å². The number of rotatable bonds is 7. The number of carbonyl (C=O) groups is 1. The standard InChI is InChI=1S/C14H18ClN3O3/c1-9(17)5-10-6-11(15)14(12(7-10)20-2)21-8-13(19)18-4-3-16/h6-7,9H,4-5,8,17H2,1-2H3,(H,18,19). The smallest absolute Gasteiger partial charge is 0.258 e. The summed E-state index contributed by atoms with van der Waals surface area (Å²) >= 11 is 6.15. The molecule has 0 saturated carbocycles. The van der Waals surface area contributed by atoms with E-state index in [2.05, 4.69) is 5.32 Å². The zero-order valence-corrected chi connectivity index (χ0v) is 12.7. The Kier molecular flexibility index (Phi) is 6.79. The molecule has 0 aromatic heterocycles. The molecule has 1 amide bonds. The zero-order valence-electron chi connectivity index (χ0n) is 12.0. The highest BCUT2D eigenvalue weighted by Crippen LogP contribution is 2.36. The van der Waals surface area contributed by atoms with Crippen LogP contribution in [-0.2, 0) is 11.2 Å². The van der Waals surface area contributed by atoms with E-state index in [-0.39, 0.29) is 19.2 Å². The summed E-state index contributed by atoms with van der Waals surface area (Å²) in [6, 6.07) is 5.31. The molecule has 6 nitrogen and oxygen atoms in total. The maximum Gasteiger partial charge on any atom is 0.258 e. The highest BCUT2D eigenvalue weighted by Gasteiger charge is 2.14. The Balaban J connectivity index is 2.82. The van der Waals surface area contributed by atoms with Crippen molar-refractivity contribution in [1.29, 1.82) is 5.26 Å². The van der Waals surface area contributed by atoms with Crippen molar-refractivity contribution in [3.05, 3.63) is 22.7 Å². The summed E-state index contributed by atoms with van der Waals surface area (Å²) in [7, 11) is 1.49. The van der Waals surface area contributed by atoms with Crippen molar-refractivity contribution in [2.24, 2.45) is 5.73 Å². The van der Waals surface area contributed by atoms with E-state index in [0.29, 0.717) is 22.9 Å². The van der Waals surface area contributed by atoms with Crippen LogP contribution in [0.15, 0.2) is 12.1 Å². The monoisotopic (exact) mass is 311 g/mol. The van der Waals surface area contributed by atoms with E-state index >= 15 is 0 Å². The summed E-state index contributed by atoms with van der Waals surface area (Å²) in [4.78, 5) is 11.4. The maximum atomic E-state index is 11.4. The van der Waals surface area contributed by atoms with Crippen LogP contribution in [-0.4, -0.2) is 32.2 Å². The number of carbonyl (C=O) groups excluding carboxylic acids is 1. The van der Waals surface area contributed by atoms with Crippen molar-refractivity contribution in [3.8, 4) is 17.6 Å². The van der Waals surface area contributed by atoms with Gasteiger partial charge in [0.15, 0.2) is 18.1 Å². The second kappa shape index (κ2) is 8.35. The molecule has 0 bridgehead atoms. The summed E-state index contributed by atoms with van der Waals surface area (Å²) in [5, 5.41) is 11.1. The van der Waals surface area contributed by atoms with Gasteiger partial charge in [0.2, 0.25) is 0 Å². The fourth-order valence-corrected chi connectivity index (χ4v) is 2.02. The van der Waals surface area contributed by atoms with Gasteiger partial charge < -0.3 is 20.5 Å². The number of ether oxygens (including phenoxy) is 2. The van der Waals surface area contributed by atoms with Crippen molar-refractivity contribution in [1.82, 2.24) is 5.32 Å². The quantitative estimate of drug-likeness (QED) is 0.739. The molecule has 0 spiro atoms. The van der Waals surface area contributed by atoms with E-state index in [4.69, 9.17) is 32.1 Å². The average molecular weight is 312 g/mol. The van der Waals surface area contributed by atoms with Crippen LogP contribution in [0.25, 0.3) is 0 Å². The van der Waals surface area contributed by atoms with Crippen LogP contribution >= 0.6 is 11.6 Å². The molecule has 1 aromatic rings. The normalized spacial score (nSPS) is 11.4. The van der Waals surface area contributed by atoms with Crippen molar-refractivity contribution < 1.29 is 14.3 Å². The molecular weight excluding hydrogens is 294 g/mol. The van der Waals surface area contributed by atoms with Crippen molar-refractivity contribution in [3.63, 3.8) is 0 Å². The first-order chi connectivity index (χ1) is 9.97. The van der Waals surface area contributed by atoms with E-state index < -0.39 is 5.91 Å². The molecule has 21 heavy (non-hydrogen) atoms. The first-order valence-electron chi connectivity index (χ1n) is 6.36. The number of hydrogen-bond donors (Lipinski definition) is 2. The van der Waals surface area contributed by atoms with Crippen LogP contribution in [0.4, 0.5) is 0 Å². The third-order valence-electron chi connectivity index (χ3n) is 2.56. The highest BCUT2D eigenvalue weighted by molar-refractivity contribution is 6.32. The highest BCUT2D eigenvalue weighted by atomic mass is 35.5. The van der Waals surface area contributed by atoms with Crippen molar-refractivity contribution >= 4 is 17.5 Å². The Hall–Kier alpha value is -1.97. The molecular formula is C14H18ClN3O3. The molecule has 0 aliphatic rings. The Morgan fingerprint density at radius 2 is 2.29 bits per heavy atom. The second-order valence-corrected chi connectivity index (χ2v) is 4.92. The molecule has 0 radical (unpaired) electrons. The fraction of sp³-hybridized carbons (Fsp3) is 0.429. The Bertz CT molecular complexity index is 541. The Labute approximate surface area is 128 Å². The van der Waals surface area contributed by atoms with Gasteiger partial charge >= 0.3 is 0 Å². The first-order valence-corrected chi connectivity index (χ1v) is 6.74. The van der Waals surface area contributed by atoms with E-state index in [9.17, 15) is 4.79 Å². The lowest BCUT2D eigenvalue weighted by Gasteiger charge is -2.14. The van der Waals surface area contributed by atoms with Gasteiger partial charge in [0.25, 0.3) is 5.91 Å². The molecule has 0 saturated heterocycles. The van der Waals surface area contributed by atoms with E-state index in [1.807, 2.05) is 6.92 Å². The second-order valence-electron chi connectivity index (χ2n) is 4.51.